The van der Waals surface area contributed by atoms with Crippen LogP contribution in [0.2, 0.25) is 0 Å². The van der Waals surface area contributed by atoms with E-state index < -0.39 is 17.5 Å². The second kappa shape index (κ2) is 6.87. The number of aliphatic hydroxyl groups is 1. The Balaban J connectivity index is 1.75. The maximum atomic E-state index is 12.7. The summed E-state index contributed by atoms with van der Waals surface area (Å²) < 4.78 is 43.5. The molecule has 3 rings (SSSR count). The van der Waals surface area contributed by atoms with E-state index in [0.717, 1.165) is 24.5 Å². The number of nitrogens with zero attached hydrogens (tertiary/aromatic N) is 2. The summed E-state index contributed by atoms with van der Waals surface area (Å²) in [6.07, 6.45) is -1.01. The monoisotopic (exact) mass is 363 g/mol. The molecule has 134 valence electrons. The molecule has 0 aliphatic heterocycles. The standard InChI is InChI=1S/C17H12F3N3O3/c18-17(19,20)12-3-1-2-10(4-12)5-13-6-11(8-26-13)14(24)7-15(25)16-21-9-22-23-16/h1-4,6-9,24H,5H2,(H,21,22,23). The smallest absolute Gasteiger partial charge is 0.416 e. The molecule has 6 nitrogen and oxygen atoms in total. The van der Waals surface area contributed by atoms with Crippen LogP contribution in [0.4, 0.5) is 13.2 Å². The van der Waals surface area contributed by atoms with Gasteiger partial charge in [-0.2, -0.15) is 18.3 Å². The van der Waals surface area contributed by atoms with Gasteiger partial charge in [0, 0.05) is 12.5 Å². The van der Waals surface area contributed by atoms with Crippen molar-refractivity contribution < 1.29 is 27.5 Å². The molecular formula is C17H12F3N3O3. The zero-order valence-corrected chi connectivity index (χ0v) is 13.1. The fourth-order valence-electron chi connectivity index (χ4n) is 2.27. The van der Waals surface area contributed by atoms with Gasteiger partial charge in [-0.3, -0.25) is 9.89 Å². The van der Waals surface area contributed by atoms with E-state index in [4.69, 9.17) is 4.42 Å². The Hall–Kier alpha value is -3.36. The van der Waals surface area contributed by atoms with Crippen molar-refractivity contribution in [2.24, 2.45) is 0 Å². The van der Waals surface area contributed by atoms with Crippen LogP contribution in [0.3, 0.4) is 0 Å². The maximum absolute atomic E-state index is 12.7. The first-order chi connectivity index (χ1) is 12.3. The number of alkyl halides is 3. The highest BCUT2D eigenvalue weighted by atomic mass is 19.4. The Labute approximate surface area is 145 Å². The van der Waals surface area contributed by atoms with E-state index in [-0.39, 0.29) is 23.6 Å². The number of rotatable bonds is 5. The molecule has 0 aliphatic carbocycles. The van der Waals surface area contributed by atoms with Gasteiger partial charge in [0.15, 0.2) is 5.82 Å². The van der Waals surface area contributed by atoms with Crippen molar-refractivity contribution >= 4 is 11.5 Å². The number of ketones is 1. The number of hydrogen-bond donors (Lipinski definition) is 2. The summed E-state index contributed by atoms with van der Waals surface area (Å²) in [5, 5.41) is 15.9. The molecule has 0 saturated heterocycles. The maximum Gasteiger partial charge on any atom is 0.416 e. The van der Waals surface area contributed by atoms with Gasteiger partial charge in [0.25, 0.3) is 0 Å². The van der Waals surface area contributed by atoms with Gasteiger partial charge < -0.3 is 9.52 Å². The van der Waals surface area contributed by atoms with Gasteiger partial charge in [-0.1, -0.05) is 18.2 Å². The summed E-state index contributed by atoms with van der Waals surface area (Å²) in [4.78, 5) is 15.5. The Bertz CT molecular complexity index is 944. The number of hydrogen-bond acceptors (Lipinski definition) is 5. The summed E-state index contributed by atoms with van der Waals surface area (Å²) in [5.74, 6) is -0.637. The molecule has 0 radical (unpaired) electrons. The molecule has 2 N–H and O–H groups in total. The largest absolute Gasteiger partial charge is 0.507 e. The second-order valence-electron chi connectivity index (χ2n) is 5.40. The third-order valence-electron chi connectivity index (χ3n) is 3.50. The molecule has 0 spiro atoms. The molecule has 2 heterocycles. The minimum Gasteiger partial charge on any atom is -0.507 e. The van der Waals surface area contributed by atoms with Crippen molar-refractivity contribution in [2.45, 2.75) is 12.6 Å². The first kappa shape index (κ1) is 17.5. The number of benzene rings is 1. The van der Waals surface area contributed by atoms with E-state index in [2.05, 4.69) is 15.2 Å². The highest BCUT2D eigenvalue weighted by Gasteiger charge is 2.30. The molecule has 1 aromatic carbocycles. The van der Waals surface area contributed by atoms with E-state index in [1.807, 2.05) is 0 Å². The van der Waals surface area contributed by atoms with Crippen LogP contribution in [0.1, 0.15) is 33.1 Å². The third kappa shape index (κ3) is 4.00. The first-order valence-corrected chi connectivity index (χ1v) is 7.37. The van der Waals surface area contributed by atoms with Crippen LogP contribution in [0.15, 0.2) is 53.4 Å². The molecular weight excluding hydrogens is 351 g/mol. The highest BCUT2D eigenvalue weighted by molar-refractivity contribution is 6.05. The molecule has 26 heavy (non-hydrogen) atoms. The van der Waals surface area contributed by atoms with Crippen molar-refractivity contribution in [3.05, 3.63) is 77.3 Å². The van der Waals surface area contributed by atoms with Gasteiger partial charge in [0.05, 0.1) is 11.1 Å². The van der Waals surface area contributed by atoms with Gasteiger partial charge in [-0.25, -0.2) is 4.98 Å². The van der Waals surface area contributed by atoms with Crippen LogP contribution in [0.25, 0.3) is 5.76 Å². The van der Waals surface area contributed by atoms with Crippen LogP contribution in [-0.4, -0.2) is 26.1 Å². The fourth-order valence-corrected chi connectivity index (χ4v) is 2.27. The number of carbonyl (C=O) groups excluding carboxylic acids is 1. The quantitative estimate of drug-likeness (QED) is 0.409. The number of allylic oxidation sites excluding steroid dienone is 1. The van der Waals surface area contributed by atoms with Gasteiger partial charge in [0.1, 0.15) is 24.1 Å². The van der Waals surface area contributed by atoms with Crippen LogP contribution < -0.4 is 0 Å². The number of aromatic nitrogens is 3. The Morgan fingerprint density at radius 3 is 2.81 bits per heavy atom. The number of aliphatic hydroxyl groups excluding tert-OH is 1. The van der Waals surface area contributed by atoms with Gasteiger partial charge in [-0.05, 0) is 17.7 Å². The van der Waals surface area contributed by atoms with E-state index in [1.165, 1.54) is 18.4 Å². The molecule has 0 atom stereocenters. The third-order valence-corrected chi connectivity index (χ3v) is 3.50. The molecule has 9 heteroatoms. The number of H-pyrrole nitrogens is 1. The minimum absolute atomic E-state index is 0.0377. The normalized spacial score (nSPS) is 12.3. The zero-order valence-electron chi connectivity index (χ0n) is 13.1. The Morgan fingerprint density at radius 2 is 2.12 bits per heavy atom. The van der Waals surface area contributed by atoms with Crippen LogP contribution in [-0.2, 0) is 12.6 Å². The van der Waals surface area contributed by atoms with Crippen LogP contribution >= 0.6 is 0 Å². The van der Waals surface area contributed by atoms with Crippen molar-refractivity contribution in [3.63, 3.8) is 0 Å². The molecule has 0 fully saturated rings. The van der Waals surface area contributed by atoms with Crippen molar-refractivity contribution in [1.82, 2.24) is 15.2 Å². The zero-order chi connectivity index (χ0) is 18.7. The molecule has 0 amide bonds. The molecule has 2 aromatic heterocycles. The average Bonchev–Trinajstić information content (AvgIpc) is 3.26. The van der Waals surface area contributed by atoms with Gasteiger partial charge >= 0.3 is 6.18 Å². The summed E-state index contributed by atoms with van der Waals surface area (Å²) in [5.41, 5.74) is -0.121. The lowest BCUT2D eigenvalue weighted by atomic mass is 10.1. The number of halogens is 3. The SMILES string of the molecule is O=C(C=C(O)c1coc(Cc2cccc(C(F)(F)F)c2)c1)c1ncn[nH]1. The lowest BCUT2D eigenvalue weighted by Gasteiger charge is -2.07. The average molecular weight is 363 g/mol. The fraction of sp³-hybridized carbons (Fsp3) is 0.118. The number of aromatic amines is 1. The molecule has 0 aliphatic rings. The summed E-state index contributed by atoms with van der Waals surface area (Å²) in [6, 6.07) is 6.32. The van der Waals surface area contributed by atoms with Crippen LogP contribution in [0, 0.1) is 0 Å². The summed E-state index contributed by atoms with van der Waals surface area (Å²) >= 11 is 0. The van der Waals surface area contributed by atoms with E-state index in [0.29, 0.717) is 11.3 Å². The Kier molecular flexibility index (Phi) is 4.61. The predicted octanol–water partition coefficient (Wildman–Crippen LogP) is 3.79. The summed E-state index contributed by atoms with van der Waals surface area (Å²) in [7, 11) is 0. The van der Waals surface area contributed by atoms with E-state index in [1.54, 1.807) is 6.07 Å². The number of nitrogens with one attached hydrogen (secondary N) is 1. The van der Waals surface area contributed by atoms with Crippen molar-refractivity contribution in [3.8, 4) is 0 Å². The lowest BCUT2D eigenvalue weighted by Crippen LogP contribution is -2.05. The second-order valence-corrected chi connectivity index (χ2v) is 5.40. The van der Waals surface area contributed by atoms with Crippen molar-refractivity contribution in [2.75, 3.05) is 0 Å². The molecule has 0 saturated carbocycles. The van der Waals surface area contributed by atoms with Gasteiger partial charge in [0.2, 0.25) is 5.78 Å². The topological polar surface area (TPSA) is 92.0 Å². The highest BCUT2D eigenvalue weighted by Crippen LogP contribution is 2.30. The predicted molar refractivity (Wildman–Crippen MR) is 84.3 cm³/mol. The van der Waals surface area contributed by atoms with Gasteiger partial charge in [-0.15, -0.1) is 0 Å². The van der Waals surface area contributed by atoms with Crippen molar-refractivity contribution in [1.29, 1.82) is 0 Å². The molecule has 3 aromatic rings. The molecule has 0 unspecified atom stereocenters. The first-order valence-electron chi connectivity index (χ1n) is 7.37. The lowest BCUT2D eigenvalue weighted by molar-refractivity contribution is -0.137. The number of furan rings is 1. The van der Waals surface area contributed by atoms with E-state index in [9.17, 15) is 23.1 Å². The molecule has 0 bridgehead atoms. The van der Waals surface area contributed by atoms with Crippen LogP contribution in [0.5, 0.6) is 0 Å². The Morgan fingerprint density at radius 1 is 1.31 bits per heavy atom. The number of carbonyl (C=O) groups is 1. The minimum atomic E-state index is -4.42. The van der Waals surface area contributed by atoms with E-state index >= 15 is 0 Å². The summed E-state index contributed by atoms with van der Waals surface area (Å²) in [6.45, 7) is 0.